The van der Waals surface area contributed by atoms with Crippen LogP contribution in [0.25, 0.3) is 0 Å². The first kappa shape index (κ1) is 21.9. The Morgan fingerprint density at radius 2 is 1.82 bits per heavy atom. The molecule has 10 heteroatoms. The fraction of sp³-hybridized carbons (Fsp3) is 0.444. The number of alkyl halides is 3. The predicted octanol–water partition coefficient (Wildman–Crippen LogP) is 5.60. The molecule has 1 aromatic carbocycles. The molecule has 1 saturated heterocycles. The van der Waals surface area contributed by atoms with E-state index < -0.39 is 27.0 Å². The molecule has 0 N–H and O–H groups in total. The molecule has 1 fully saturated rings. The van der Waals surface area contributed by atoms with Crippen LogP contribution in [-0.4, -0.2) is 32.2 Å². The fourth-order valence-electron chi connectivity index (χ4n) is 3.53. The second-order valence-electron chi connectivity index (χ2n) is 6.66. The van der Waals surface area contributed by atoms with Crippen molar-refractivity contribution in [2.45, 2.75) is 30.5 Å². The third kappa shape index (κ3) is 5.01. The van der Waals surface area contributed by atoms with Gasteiger partial charge in [-0.3, -0.25) is 0 Å². The summed E-state index contributed by atoms with van der Waals surface area (Å²) >= 11 is 6.63. The van der Waals surface area contributed by atoms with Crippen LogP contribution >= 0.6 is 31.9 Å². The number of ether oxygens (including phenoxy) is 1. The van der Waals surface area contributed by atoms with Crippen LogP contribution in [0.15, 0.2) is 50.3 Å². The van der Waals surface area contributed by atoms with Crippen molar-refractivity contribution in [2.75, 3.05) is 13.1 Å². The predicted molar refractivity (Wildman–Crippen MR) is 107 cm³/mol. The number of hydrogen-bond acceptors (Lipinski definition) is 3. The van der Waals surface area contributed by atoms with Gasteiger partial charge in [-0.2, -0.15) is 4.31 Å². The monoisotopic (exact) mass is 543 g/mol. The lowest BCUT2D eigenvalue weighted by Crippen LogP contribution is -2.40. The lowest BCUT2D eigenvalue weighted by atomic mass is 9.83. The van der Waals surface area contributed by atoms with E-state index in [1.807, 2.05) is 0 Å². The zero-order valence-corrected chi connectivity index (χ0v) is 18.6. The van der Waals surface area contributed by atoms with Gasteiger partial charge in [0, 0.05) is 23.5 Å². The van der Waals surface area contributed by atoms with Gasteiger partial charge < -0.3 is 4.74 Å². The minimum absolute atomic E-state index is 0.218. The SMILES string of the molecule is O=S(=O)(c1ccc(Br)cc1OC(F)(F)F)N1CCC(C2C=CCC=C2Br)CC1. The molecule has 4 nitrogen and oxygen atoms in total. The van der Waals surface area contributed by atoms with Crippen LogP contribution in [0.3, 0.4) is 0 Å². The van der Waals surface area contributed by atoms with E-state index in [4.69, 9.17) is 0 Å². The summed E-state index contributed by atoms with van der Waals surface area (Å²) in [6, 6.07) is 3.54. The summed E-state index contributed by atoms with van der Waals surface area (Å²) in [6.07, 6.45) is 3.45. The van der Waals surface area contributed by atoms with Crippen LogP contribution in [0, 0.1) is 11.8 Å². The van der Waals surface area contributed by atoms with Gasteiger partial charge in [-0.1, -0.05) is 50.1 Å². The molecule has 0 saturated carbocycles. The lowest BCUT2D eigenvalue weighted by molar-refractivity contribution is -0.275. The summed E-state index contributed by atoms with van der Waals surface area (Å²) in [4.78, 5) is -0.481. The van der Waals surface area contributed by atoms with Gasteiger partial charge in [0.25, 0.3) is 0 Å². The molecule has 0 aromatic heterocycles. The third-order valence-electron chi connectivity index (χ3n) is 4.87. The van der Waals surface area contributed by atoms with Crippen molar-refractivity contribution in [3.05, 3.63) is 45.4 Å². The van der Waals surface area contributed by atoms with Crippen LogP contribution in [0.5, 0.6) is 5.75 Å². The Balaban J connectivity index is 1.79. The zero-order chi connectivity index (χ0) is 20.5. The highest BCUT2D eigenvalue weighted by molar-refractivity contribution is 9.11. The third-order valence-corrected chi connectivity index (χ3v) is 8.15. The quantitative estimate of drug-likeness (QED) is 0.463. The van der Waals surface area contributed by atoms with Gasteiger partial charge in [-0.05, 0) is 47.9 Å². The Bertz CT molecular complexity index is 892. The smallest absolute Gasteiger partial charge is 0.404 e. The second-order valence-corrected chi connectivity index (χ2v) is 10.4. The minimum Gasteiger partial charge on any atom is -0.404 e. The molecule has 1 aliphatic carbocycles. The molecular weight excluding hydrogens is 527 g/mol. The minimum atomic E-state index is -4.98. The molecular formula is C18H18Br2F3NO3S. The molecule has 1 heterocycles. The van der Waals surface area contributed by atoms with E-state index in [1.165, 1.54) is 10.4 Å². The van der Waals surface area contributed by atoms with Crippen molar-refractivity contribution in [3.8, 4) is 5.75 Å². The van der Waals surface area contributed by atoms with E-state index in [0.29, 0.717) is 17.3 Å². The van der Waals surface area contributed by atoms with Gasteiger partial charge >= 0.3 is 6.36 Å². The van der Waals surface area contributed by atoms with Crippen molar-refractivity contribution in [1.82, 2.24) is 4.31 Å². The normalized spacial score (nSPS) is 22.2. The molecule has 28 heavy (non-hydrogen) atoms. The molecule has 1 unspecified atom stereocenters. The summed E-state index contributed by atoms with van der Waals surface area (Å²) in [5, 5.41) is 0. The van der Waals surface area contributed by atoms with Crippen LogP contribution in [-0.2, 0) is 10.0 Å². The number of allylic oxidation sites excluding steroid dienone is 4. The van der Waals surface area contributed by atoms with Crippen molar-refractivity contribution in [1.29, 1.82) is 0 Å². The number of rotatable bonds is 4. The highest BCUT2D eigenvalue weighted by Crippen LogP contribution is 2.39. The molecule has 154 valence electrons. The topological polar surface area (TPSA) is 46.6 Å². The van der Waals surface area contributed by atoms with Crippen LogP contribution in [0.1, 0.15) is 19.3 Å². The van der Waals surface area contributed by atoms with Gasteiger partial charge in [0.2, 0.25) is 10.0 Å². The largest absolute Gasteiger partial charge is 0.573 e. The van der Waals surface area contributed by atoms with Gasteiger partial charge in [-0.25, -0.2) is 8.42 Å². The standard InChI is InChI=1S/C18H18Br2F3NO3S/c19-13-5-6-17(16(11-13)27-18(21,22)23)28(25,26)24-9-7-12(8-10-24)14-3-1-2-4-15(14)20/h1,3-6,11-12,14H,2,7-10H2. The molecule has 0 amide bonds. The van der Waals surface area contributed by atoms with E-state index in [2.05, 4.69) is 54.8 Å². The number of piperidine rings is 1. The maximum Gasteiger partial charge on any atom is 0.573 e. The van der Waals surface area contributed by atoms with E-state index in [0.717, 1.165) is 23.0 Å². The Morgan fingerprint density at radius 3 is 2.43 bits per heavy atom. The van der Waals surface area contributed by atoms with E-state index in [9.17, 15) is 21.6 Å². The Labute approximate surface area is 178 Å². The first-order chi connectivity index (χ1) is 13.1. The van der Waals surface area contributed by atoms with Gasteiger partial charge in [-0.15, -0.1) is 13.2 Å². The average molecular weight is 545 g/mol. The molecule has 1 aromatic rings. The maximum atomic E-state index is 13.0. The van der Waals surface area contributed by atoms with E-state index in [-0.39, 0.29) is 24.9 Å². The molecule has 3 rings (SSSR count). The Hall–Kier alpha value is -0.840. The molecule has 0 spiro atoms. The molecule has 1 aliphatic heterocycles. The summed E-state index contributed by atoms with van der Waals surface area (Å²) in [5.41, 5.74) is 0. The summed E-state index contributed by atoms with van der Waals surface area (Å²) < 4.78 is 70.7. The second kappa shape index (κ2) is 8.49. The lowest BCUT2D eigenvalue weighted by Gasteiger charge is -2.35. The molecule has 1 atom stereocenters. The van der Waals surface area contributed by atoms with Crippen LogP contribution in [0.2, 0.25) is 0 Å². The van der Waals surface area contributed by atoms with Crippen LogP contribution in [0.4, 0.5) is 13.2 Å². The number of halogens is 5. The van der Waals surface area contributed by atoms with E-state index >= 15 is 0 Å². The highest BCUT2D eigenvalue weighted by Gasteiger charge is 2.38. The van der Waals surface area contributed by atoms with Crippen molar-refractivity contribution in [2.24, 2.45) is 11.8 Å². The molecule has 2 aliphatic rings. The van der Waals surface area contributed by atoms with E-state index in [1.54, 1.807) is 0 Å². The highest BCUT2D eigenvalue weighted by atomic mass is 79.9. The van der Waals surface area contributed by atoms with Crippen molar-refractivity contribution < 1.29 is 26.3 Å². The summed E-state index contributed by atoms with van der Waals surface area (Å²) in [7, 11) is -4.11. The van der Waals surface area contributed by atoms with Crippen molar-refractivity contribution in [3.63, 3.8) is 0 Å². The van der Waals surface area contributed by atoms with Gasteiger partial charge in [0.05, 0.1) is 0 Å². The van der Waals surface area contributed by atoms with Gasteiger partial charge in [0.15, 0.2) is 5.75 Å². The zero-order valence-electron chi connectivity index (χ0n) is 14.6. The first-order valence-electron chi connectivity index (χ1n) is 8.65. The Morgan fingerprint density at radius 1 is 1.14 bits per heavy atom. The van der Waals surface area contributed by atoms with Crippen LogP contribution < -0.4 is 4.74 Å². The fourth-order valence-corrected chi connectivity index (χ4v) is 6.15. The first-order valence-corrected chi connectivity index (χ1v) is 11.7. The summed E-state index contributed by atoms with van der Waals surface area (Å²) in [5.74, 6) is -0.232. The Kier molecular flexibility index (Phi) is 6.63. The summed E-state index contributed by atoms with van der Waals surface area (Å²) in [6.45, 7) is 0.498. The number of benzene rings is 1. The molecule has 0 radical (unpaired) electrons. The molecule has 0 bridgehead atoms. The number of hydrogen-bond donors (Lipinski definition) is 0. The number of sulfonamides is 1. The maximum absolute atomic E-state index is 13.0. The number of nitrogens with zero attached hydrogens (tertiary/aromatic N) is 1. The average Bonchev–Trinajstić information content (AvgIpc) is 2.61. The van der Waals surface area contributed by atoms with Crippen molar-refractivity contribution >= 4 is 41.9 Å². The van der Waals surface area contributed by atoms with Gasteiger partial charge in [0.1, 0.15) is 4.90 Å².